The van der Waals surface area contributed by atoms with Gasteiger partial charge in [0.1, 0.15) is 5.82 Å². The molecule has 0 radical (unpaired) electrons. The second-order valence-electron chi connectivity index (χ2n) is 7.89. The van der Waals surface area contributed by atoms with Crippen LogP contribution < -0.4 is 10.6 Å². The lowest BCUT2D eigenvalue weighted by atomic mass is 9.95. The second-order valence-corrected chi connectivity index (χ2v) is 7.89. The summed E-state index contributed by atoms with van der Waals surface area (Å²) in [5.41, 5.74) is 4.73. The van der Waals surface area contributed by atoms with Crippen LogP contribution in [0.1, 0.15) is 71.0 Å². The number of aromatic nitrogens is 1. The molecule has 2 N–H and O–H groups in total. The van der Waals surface area contributed by atoms with E-state index < -0.39 is 0 Å². The van der Waals surface area contributed by atoms with Crippen LogP contribution in [0, 0.1) is 19.7 Å². The normalized spacial score (nSPS) is 17.6. The minimum Gasteiger partial charge on any atom is -0.345 e. The fraction of sp³-hybridized carbons (Fsp3) is 0.500. The lowest BCUT2D eigenvalue weighted by Gasteiger charge is -2.26. The monoisotopic (exact) mass is 369 g/mol. The van der Waals surface area contributed by atoms with Crippen molar-refractivity contribution in [3.63, 3.8) is 0 Å². The average Bonchev–Trinajstić information content (AvgIpc) is 2.99. The Kier molecular flexibility index (Phi) is 5.04. The molecule has 1 aliphatic carbocycles. The zero-order valence-electron chi connectivity index (χ0n) is 16.2. The Hall–Kier alpha value is -2.14. The zero-order chi connectivity index (χ0) is 19.0. The largest absolute Gasteiger partial charge is 0.345 e. The molecule has 5 heteroatoms. The van der Waals surface area contributed by atoms with Crippen molar-refractivity contribution in [3.05, 3.63) is 52.1 Å². The lowest BCUT2D eigenvalue weighted by molar-refractivity contribution is 0.102. The number of nitrogens with zero attached hydrogens (tertiary/aromatic N) is 1. The Morgan fingerprint density at radius 3 is 2.78 bits per heavy atom. The zero-order valence-corrected chi connectivity index (χ0v) is 16.2. The number of carbonyl (C=O) groups is 1. The third kappa shape index (κ3) is 3.41. The fourth-order valence-corrected chi connectivity index (χ4v) is 4.73. The molecule has 2 heterocycles. The Morgan fingerprint density at radius 2 is 2.00 bits per heavy atom. The third-order valence-corrected chi connectivity index (χ3v) is 6.12. The summed E-state index contributed by atoms with van der Waals surface area (Å²) in [6, 6.07) is 6.01. The van der Waals surface area contributed by atoms with E-state index in [-0.39, 0.29) is 17.4 Å². The summed E-state index contributed by atoms with van der Waals surface area (Å²) < 4.78 is 17.2. The van der Waals surface area contributed by atoms with Crippen LogP contribution in [0.2, 0.25) is 0 Å². The second kappa shape index (κ2) is 7.47. The number of aryl methyl sites for hydroxylation is 1. The standard InChI is InChI=1S/C22H28FN3O/c1-14-12-19(15(2)26(14)17-6-4-3-5-7-17)22(27)25-20-9-8-16-13-24-11-10-18(16)21(20)23/h8-9,12,17,24H,3-7,10-11,13H2,1-2H3,(H,25,27). The Balaban J connectivity index is 1.59. The Morgan fingerprint density at radius 1 is 1.22 bits per heavy atom. The van der Waals surface area contributed by atoms with E-state index in [1.807, 2.05) is 19.1 Å². The molecule has 1 amide bonds. The van der Waals surface area contributed by atoms with Gasteiger partial charge in [0.15, 0.2) is 0 Å². The van der Waals surface area contributed by atoms with Gasteiger partial charge >= 0.3 is 0 Å². The molecular weight excluding hydrogens is 341 g/mol. The highest BCUT2D eigenvalue weighted by Gasteiger charge is 2.24. The van der Waals surface area contributed by atoms with Crippen molar-refractivity contribution in [3.8, 4) is 0 Å². The number of anilines is 1. The van der Waals surface area contributed by atoms with Crippen LogP contribution in [-0.2, 0) is 13.0 Å². The molecule has 1 aromatic carbocycles. The maximum Gasteiger partial charge on any atom is 0.257 e. The van der Waals surface area contributed by atoms with Crippen molar-refractivity contribution in [2.45, 2.75) is 65.0 Å². The van der Waals surface area contributed by atoms with Crippen molar-refractivity contribution in [1.29, 1.82) is 0 Å². The predicted molar refractivity (Wildman–Crippen MR) is 106 cm³/mol. The van der Waals surface area contributed by atoms with Gasteiger partial charge in [0.25, 0.3) is 5.91 Å². The van der Waals surface area contributed by atoms with Gasteiger partial charge < -0.3 is 15.2 Å². The molecule has 2 aromatic rings. The minimum absolute atomic E-state index is 0.224. The van der Waals surface area contributed by atoms with E-state index in [2.05, 4.69) is 22.1 Å². The van der Waals surface area contributed by atoms with Crippen molar-refractivity contribution >= 4 is 11.6 Å². The van der Waals surface area contributed by atoms with Crippen molar-refractivity contribution in [2.75, 3.05) is 11.9 Å². The van der Waals surface area contributed by atoms with E-state index in [1.165, 1.54) is 32.1 Å². The van der Waals surface area contributed by atoms with Gasteiger partial charge in [0.05, 0.1) is 11.3 Å². The number of hydrogen-bond donors (Lipinski definition) is 2. The van der Waals surface area contributed by atoms with Crippen LogP contribution >= 0.6 is 0 Å². The highest BCUT2D eigenvalue weighted by Crippen LogP contribution is 2.32. The number of rotatable bonds is 3. The molecule has 4 rings (SSSR count). The van der Waals surface area contributed by atoms with Gasteiger partial charge in [-0.25, -0.2) is 4.39 Å². The molecule has 0 unspecified atom stereocenters. The number of hydrogen-bond acceptors (Lipinski definition) is 2. The third-order valence-electron chi connectivity index (χ3n) is 6.12. The number of nitrogens with one attached hydrogen (secondary N) is 2. The van der Waals surface area contributed by atoms with Crippen LogP contribution in [0.4, 0.5) is 10.1 Å². The first-order valence-electron chi connectivity index (χ1n) is 10.1. The quantitative estimate of drug-likeness (QED) is 0.827. The molecule has 27 heavy (non-hydrogen) atoms. The van der Waals surface area contributed by atoms with Crippen LogP contribution in [0.15, 0.2) is 18.2 Å². The average molecular weight is 369 g/mol. The smallest absolute Gasteiger partial charge is 0.257 e. The fourth-order valence-electron chi connectivity index (χ4n) is 4.73. The number of amides is 1. The number of fused-ring (bicyclic) bond motifs is 1. The van der Waals surface area contributed by atoms with E-state index in [1.54, 1.807) is 6.07 Å². The molecule has 2 aliphatic rings. The highest BCUT2D eigenvalue weighted by molar-refractivity contribution is 6.05. The molecule has 4 nitrogen and oxygen atoms in total. The van der Waals surface area contributed by atoms with Gasteiger partial charge in [0, 0.05) is 24.0 Å². The van der Waals surface area contributed by atoms with Gasteiger partial charge in [-0.15, -0.1) is 0 Å². The van der Waals surface area contributed by atoms with Gasteiger partial charge in [-0.1, -0.05) is 25.3 Å². The lowest BCUT2D eigenvalue weighted by Crippen LogP contribution is -2.25. The number of carbonyl (C=O) groups excluding carboxylic acids is 1. The molecule has 144 valence electrons. The first kappa shape index (κ1) is 18.2. The summed E-state index contributed by atoms with van der Waals surface area (Å²) in [6.07, 6.45) is 6.80. The molecule has 1 aromatic heterocycles. The van der Waals surface area contributed by atoms with Crippen LogP contribution in [0.3, 0.4) is 0 Å². The molecule has 0 bridgehead atoms. The molecule has 1 fully saturated rings. The maximum absolute atomic E-state index is 14.9. The Labute approximate surface area is 160 Å². The van der Waals surface area contributed by atoms with E-state index in [9.17, 15) is 9.18 Å². The topological polar surface area (TPSA) is 46.1 Å². The molecule has 0 atom stereocenters. The van der Waals surface area contributed by atoms with E-state index in [4.69, 9.17) is 0 Å². The molecule has 1 saturated carbocycles. The molecule has 0 saturated heterocycles. The number of halogens is 1. The SMILES string of the molecule is Cc1cc(C(=O)Nc2ccc3c(c2F)CCNC3)c(C)n1C1CCCCC1. The minimum atomic E-state index is -0.288. The van der Waals surface area contributed by atoms with E-state index >= 15 is 0 Å². The van der Waals surface area contributed by atoms with E-state index in [0.29, 0.717) is 24.6 Å². The summed E-state index contributed by atoms with van der Waals surface area (Å²) in [7, 11) is 0. The van der Waals surface area contributed by atoms with Crippen molar-refractivity contribution in [1.82, 2.24) is 9.88 Å². The van der Waals surface area contributed by atoms with Gasteiger partial charge in [0.2, 0.25) is 0 Å². The first-order chi connectivity index (χ1) is 13.1. The van der Waals surface area contributed by atoms with Gasteiger partial charge in [-0.05, 0) is 62.9 Å². The van der Waals surface area contributed by atoms with E-state index in [0.717, 1.165) is 29.1 Å². The summed E-state index contributed by atoms with van der Waals surface area (Å²) in [6.45, 7) is 5.52. The van der Waals surface area contributed by atoms with Gasteiger partial charge in [-0.3, -0.25) is 4.79 Å². The molecule has 1 aliphatic heterocycles. The van der Waals surface area contributed by atoms with Crippen molar-refractivity contribution in [2.24, 2.45) is 0 Å². The molecule has 0 spiro atoms. The Bertz CT molecular complexity index is 865. The number of benzene rings is 1. The summed E-state index contributed by atoms with van der Waals surface area (Å²) in [5, 5.41) is 6.06. The van der Waals surface area contributed by atoms with Crippen molar-refractivity contribution < 1.29 is 9.18 Å². The molecular formula is C22H28FN3O. The maximum atomic E-state index is 14.9. The van der Waals surface area contributed by atoms with Gasteiger partial charge in [-0.2, -0.15) is 0 Å². The summed E-state index contributed by atoms with van der Waals surface area (Å²) >= 11 is 0. The predicted octanol–water partition coefficient (Wildman–Crippen LogP) is 4.65. The van der Waals surface area contributed by atoms with Crippen LogP contribution in [0.25, 0.3) is 0 Å². The highest BCUT2D eigenvalue weighted by atomic mass is 19.1. The summed E-state index contributed by atoms with van der Waals surface area (Å²) in [5.74, 6) is -0.513. The first-order valence-corrected chi connectivity index (χ1v) is 10.1. The summed E-state index contributed by atoms with van der Waals surface area (Å²) in [4.78, 5) is 12.9. The van der Waals surface area contributed by atoms with Crippen LogP contribution in [-0.4, -0.2) is 17.0 Å². The van der Waals surface area contributed by atoms with Crippen LogP contribution in [0.5, 0.6) is 0 Å².